The molecule has 0 aliphatic heterocycles. The number of carbonyl (C=O) groups is 2. The monoisotopic (exact) mass is 346 g/mol. The van der Waals surface area contributed by atoms with Gasteiger partial charge in [0.15, 0.2) is 17.4 Å². The van der Waals surface area contributed by atoms with E-state index < -0.39 is 11.6 Å². The lowest BCUT2D eigenvalue weighted by atomic mass is 9.97. The van der Waals surface area contributed by atoms with Gasteiger partial charge in [0.05, 0.1) is 5.54 Å². The van der Waals surface area contributed by atoms with Gasteiger partial charge in [-0.15, -0.1) is 12.4 Å². The molecular weight excluding hydrogens is 326 g/mol. The smallest absolute Gasteiger partial charge is 0.220 e. The minimum absolute atomic E-state index is 0. The fraction of sp³-hybridized carbons (Fsp3) is 0.500. The zero-order valence-electron chi connectivity index (χ0n) is 12.7. The Morgan fingerprint density at radius 3 is 2.35 bits per heavy atom. The van der Waals surface area contributed by atoms with Crippen LogP contribution in [0.1, 0.15) is 48.9 Å². The molecule has 1 aliphatic carbocycles. The van der Waals surface area contributed by atoms with Gasteiger partial charge in [-0.05, 0) is 31.0 Å². The molecule has 1 fully saturated rings. The molecule has 3 N–H and O–H groups in total. The zero-order chi connectivity index (χ0) is 16.2. The Hall–Kier alpha value is -1.53. The van der Waals surface area contributed by atoms with Gasteiger partial charge in [0.1, 0.15) is 0 Å². The average Bonchev–Trinajstić information content (AvgIpc) is 2.96. The van der Waals surface area contributed by atoms with Gasteiger partial charge >= 0.3 is 0 Å². The fourth-order valence-electron chi connectivity index (χ4n) is 2.83. The Balaban J connectivity index is 0.00000264. The van der Waals surface area contributed by atoms with Crippen LogP contribution in [0.15, 0.2) is 18.2 Å². The van der Waals surface area contributed by atoms with Crippen molar-refractivity contribution in [1.82, 2.24) is 5.32 Å². The molecule has 0 saturated heterocycles. The molecular formula is C16H21ClF2N2O2. The number of benzene rings is 1. The minimum Gasteiger partial charge on any atom is -0.349 e. The predicted molar refractivity (Wildman–Crippen MR) is 85.6 cm³/mol. The first-order valence-electron chi connectivity index (χ1n) is 7.45. The Bertz CT molecular complexity index is 575. The molecule has 1 aliphatic rings. The summed E-state index contributed by atoms with van der Waals surface area (Å²) in [5.74, 6) is -2.69. The number of ketones is 1. The molecule has 1 aromatic carbocycles. The number of hydrogen-bond acceptors (Lipinski definition) is 3. The standard InChI is InChI=1S/C16H20F2N2O2.ClH/c17-12-4-3-11(9-13(12)18)14(21)5-6-15(22)20-16(10-19)7-1-2-8-16;/h3-4,9H,1-2,5-8,10,19H2,(H,20,22);1H. The van der Waals surface area contributed by atoms with Crippen LogP contribution < -0.4 is 11.1 Å². The largest absolute Gasteiger partial charge is 0.349 e. The number of carbonyl (C=O) groups excluding carboxylic acids is 2. The molecule has 0 radical (unpaired) electrons. The van der Waals surface area contributed by atoms with Gasteiger partial charge in [-0.3, -0.25) is 9.59 Å². The van der Waals surface area contributed by atoms with Gasteiger partial charge < -0.3 is 11.1 Å². The number of halogens is 3. The summed E-state index contributed by atoms with van der Waals surface area (Å²) in [5.41, 5.74) is 5.46. The Morgan fingerprint density at radius 1 is 1.13 bits per heavy atom. The minimum atomic E-state index is -1.07. The van der Waals surface area contributed by atoms with Crippen LogP contribution in [0.5, 0.6) is 0 Å². The van der Waals surface area contributed by atoms with Crippen LogP contribution in [0.25, 0.3) is 0 Å². The molecule has 0 unspecified atom stereocenters. The van der Waals surface area contributed by atoms with E-state index in [4.69, 9.17) is 5.73 Å². The van der Waals surface area contributed by atoms with Crippen molar-refractivity contribution in [2.45, 2.75) is 44.1 Å². The molecule has 0 bridgehead atoms. The maximum absolute atomic E-state index is 13.1. The van der Waals surface area contributed by atoms with Crippen molar-refractivity contribution in [1.29, 1.82) is 0 Å². The highest BCUT2D eigenvalue weighted by atomic mass is 35.5. The quantitative estimate of drug-likeness (QED) is 0.778. The molecule has 128 valence electrons. The number of amides is 1. The maximum Gasteiger partial charge on any atom is 0.220 e. The first-order chi connectivity index (χ1) is 10.5. The molecule has 1 saturated carbocycles. The summed E-state index contributed by atoms with van der Waals surface area (Å²) in [7, 11) is 0. The lowest BCUT2D eigenvalue weighted by Crippen LogP contribution is -2.51. The molecule has 0 heterocycles. The van der Waals surface area contributed by atoms with E-state index >= 15 is 0 Å². The second kappa shape index (κ2) is 8.36. The third kappa shape index (κ3) is 4.97. The van der Waals surface area contributed by atoms with Crippen LogP contribution in [-0.4, -0.2) is 23.8 Å². The Kier molecular flexibility index (Phi) is 7.09. The van der Waals surface area contributed by atoms with E-state index in [1.54, 1.807) is 0 Å². The van der Waals surface area contributed by atoms with Gasteiger partial charge in [0.25, 0.3) is 0 Å². The number of nitrogens with two attached hydrogens (primary N) is 1. The third-order valence-corrected chi connectivity index (χ3v) is 4.18. The first kappa shape index (κ1) is 19.5. The van der Waals surface area contributed by atoms with E-state index in [1.807, 2.05) is 0 Å². The van der Waals surface area contributed by atoms with Crippen molar-refractivity contribution < 1.29 is 18.4 Å². The van der Waals surface area contributed by atoms with E-state index in [2.05, 4.69) is 5.32 Å². The number of rotatable bonds is 6. The summed E-state index contributed by atoms with van der Waals surface area (Å²) in [6.45, 7) is 0.385. The third-order valence-electron chi connectivity index (χ3n) is 4.18. The number of Topliss-reactive ketones (excluding diaryl/α,β-unsaturated/α-hetero) is 1. The summed E-state index contributed by atoms with van der Waals surface area (Å²) >= 11 is 0. The number of nitrogens with one attached hydrogen (secondary N) is 1. The maximum atomic E-state index is 13.1. The van der Waals surface area contributed by atoms with Gasteiger partial charge in [-0.2, -0.15) is 0 Å². The van der Waals surface area contributed by atoms with Crippen LogP contribution in [0, 0.1) is 11.6 Å². The van der Waals surface area contributed by atoms with Crippen LogP contribution in [0.4, 0.5) is 8.78 Å². The molecule has 0 atom stereocenters. The van der Waals surface area contributed by atoms with E-state index in [0.717, 1.165) is 37.8 Å². The van der Waals surface area contributed by atoms with Gasteiger partial charge in [0.2, 0.25) is 5.91 Å². The molecule has 0 aromatic heterocycles. The van der Waals surface area contributed by atoms with Crippen LogP contribution >= 0.6 is 12.4 Å². The van der Waals surface area contributed by atoms with E-state index in [1.165, 1.54) is 6.07 Å². The molecule has 23 heavy (non-hydrogen) atoms. The molecule has 1 amide bonds. The summed E-state index contributed by atoms with van der Waals surface area (Å²) in [6.07, 6.45) is 3.74. The Labute approximate surface area is 140 Å². The van der Waals surface area contributed by atoms with E-state index in [0.29, 0.717) is 6.54 Å². The summed E-state index contributed by atoms with van der Waals surface area (Å²) in [4.78, 5) is 23.9. The highest BCUT2D eigenvalue weighted by Gasteiger charge is 2.33. The molecule has 2 rings (SSSR count). The van der Waals surface area contributed by atoms with Crippen LogP contribution in [0.2, 0.25) is 0 Å². The van der Waals surface area contributed by atoms with Gasteiger partial charge in [-0.25, -0.2) is 8.78 Å². The highest BCUT2D eigenvalue weighted by molar-refractivity contribution is 5.98. The van der Waals surface area contributed by atoms with E-state index in [9.17, 15) is 18.4 Å². The zero-order valence-corrected chi connectivity index (χ0v) is 13.6. The van der Waals surface area contributed by atoms with Crippen molar-refractivity contribution >= 4 is 24.1 Å². The van der Waals surface area contributed by atoms with E-state index in [-0.39, 0.29) is 48.0 Å². The predicted octanol–water partition coefficient (Wildman–Crippen LogP) is 2.74. The topological polar surface area (TPSA) is 72.2 Å². The van der Waals surface area contributed by atoms with Crippen LogP contribution in [-0.2, 0) is 4.79 Å². The highest BCUT2D eigenvalue weighted by Crippen LogP contribution is 2.28. The summed E-state index contributed by atoms with van der Waals surface area (Å²) in [5, 5.41) is 2.92. The number of hydrogen-bond donors (Lipinski definition) is 2. The lowest BCUT2D eigenvalue weighted by Gasteiger charge is -2.28. The lowest BCUT2D eigenvalue weighted by molar-refractivity contribution is -0.122. The van der Waals surface area contributed by atoms with Crippen LogP contribution in [0.3, 0.4) is 0 Å². The Morgan fingerprint density at radius 2 is 1.78 bits per heavy atom. The van der Waals surface area contributed by atoms with Crippen molar-refractivity contribution in [3.05, 3.63) is 35.4 Å². The second-order valence-corrected chi connectivity index (χ2v) is 5.79. The van der Waals surface area contributed by atoms with Gasteiger partial charge in [-0.1, -0.05) is 12.8 Å². The molecule has 0 spiro atoms. The van der Waals surface area contributed by atoms with Crippen molar-refractivity contribution in [2.24, 2.45) is 5.73 Å². The second-order valence-electron chi connectivity index (χ2n) is 5.79. The molecule has 7 heteroatoms. The van der Waals surface area contributed by atoms with Gasteiger partial charge in [0, 0.05) is 24.9 Å². The molecule has 1 aromatic rings. The van der Waals surface area contributed by atoms with Crippen molar-refractivity contribution in [2.75, 3.05) is 6.54 Å². The normalized spacial score (nSPS) is 15.8. The summed E-state index contributed by atoms with van der Waals surface area (Å²) in [6, 6.07) is 2.98. The SMILES string of the molecule is Cl.NCC1(NC(=O)CCC(=O)c2ccc(F)c(F)c2)CCCC1. The average molecular weight is 347 g/mol. The summed E-state index contributed by atoms with van der Waals surface area (Å²) < 4.78 is 25.9. The van der Waals surface area contributed by atoms with Crippen molar-refractivity contribution in [3.8, 4) is 0 Å². The molecule has 4 nitrogen and oxygen atoms in total. The fourth-order valence-corrected chi connectivity index (χ4v) is 2.83. The van der Waals surface area contributed by atoms with Crippen molar-refractivity contribution in [3.63, 3.8) is 0 Å². The first-order valence-corrected chi connectivity index (χ1v) is 7.45.